The summed E-state index contributed by atoms with van der Waals surface area (Å²) in [5.74, 6) is 1.95. The van der Waals surface area contributed by atoms with E-state index in [1.165, 1.54) is 7.05 Å². The van der Waals surface area contributed by atoms with E-state index in [0.29, 0.717) is 29.8 Å². The Morgan fingerprint density at radius 3 is 2.62 bits per heavy atom. The first-order valence-electron chi connectivity index (χ1n) is 11.3. The van der Waals surface area contributed by atoms with Crippen LogP contribution in [0.25, 0.3) is 11.1 Å². The van der Waals surface area contributed by atoms with Crippen LogP contribution in [0, 0.1) is 5.92 Å². The van der Waals surface area contributed by atoms with E-state index in [2.05, 4.69) is 24.1 Å². The van der Waals surface area contributed by atoms with Gasteiger partial charge >= 0.3 is 12.2 Å². The topological polar surface area (TPSA) is 110 Å². The molecule has 3 rings (SSSR count). The maximum atomic E-state index is 12.2. The van der Waals surface area contributed by atoms with Gasteiger partial charge in [0.1, 0.15) is 36.1 Å². The van der Waals surface area contributed by atoms with Crippen LogP contribution in [0.1, 0.15) is 46.6 Å². The Morgan fingerprint density at radius 1 is 1.24 bits per heavy atom. The van der Waals surface area contributed by atoms with E-state index in [-0.39, 0.29) is 12.6 Å². The predicted octanol–water partition coefficient (Wildman–Crippen LogP) is 5.07. The number of nitrogens with zero attached hydrogens (tertiary/aromatic N) is 2. The van der Waals surface area contributed by atoms with Gasteiger partial charge in [-0.2, -0.15) is 0 Å². The van der Waals surface area contributed by atoms with Gasteiger partial charge in [-0.05, 0) is 56.9 Å². The van der Waals surface area contributed by atoms with Crippen molar-refractivity contribution in [2.24, 2.45) is 5.92 Å². The second-order valence-corrected chi connectivity index (χ2v) is 9.77. The Hall–Kier alpha value is -3.49. The van der Waals surface area contributed by atoms with Crippen molar-refractivity contribution in [3.63, 3.8) is 0 Å². The van der Waals surface area contributed by atoms with Gasteiger partial charge in [0, 0.05) is 30.4 Å². The van der Waals surface area contributed by atoms with Gasteiger partial charge in [0.15, 0.2) is 0 Å². The Kier molecular flexibility index (Phi) is 7.54. The number of anilines is 1. The smallest absolute Gasteiger partial charge is 0.412 e. The monoisotopic (exact) mass is 471 g/mol. The third-order valence-electron chi connectivity index (χ3n) is 5.16. The molecular formula is C25H33N3O6. The molecule has 0 saturated heterocycles. The number of carbonyl (C=O) groups is 2. The van der Waals surface area contributed by atoms with E-state index >= 15 is 0 Å². The summed E-state index contributed by atoms with van der Waals surface area (Å²) in [4.78, 5) is 28.8. The van der Waals surface area contributed by atoms with Gasteiger partial charge in [-0.1, -0.05) is 13.8 Å². The van der Waals surface area contributed by atoms with E-state index in [9.17, 15) is 14.7 Å². The van der Waals surface area contributed by atoms with Crippen molar-refractivity contribution >= 4 is 18.0 Å². The number of amides is 2. The van der Waals surface area contributed by atoms with Gasteiger partial charge in [-0.15, -0.1) is 0 Å². The highest BCUT2D eigenvalue weighted by atomic mass is 16.6. The van der Waals surface area contributed by atoms with Gasteiger partial charge in [0.2, 0.25) is 0 Å². The minimum Gasteiger partial charge on any atom is -0.491 e. The minimum atomic E-state index is -1.08. The molecule has 9 nitrogen and oxygen atoms in total. The molecule has 1 aliphatic rings. The van der Waals surface area contributed by atoms with Gasteiger partial charge in [0.05, 0.1) is 6.04 Å². The molecule has 1 atom stereocenters. The Bertz CT molecular complexity index is 1050. The number of ether oxygens (including phenoxy) is 3. The Labute approximate surface area is 200 Å². The molecule has 9 heteroatoms. The van der Waals surface area contributed by atoms with Crippen LogP contribution in [-0.4, -0.2) is 47.6 Å². The summed E-state index contributed by atoms with van der Waals surface area (Å²) in [7, 11) is 1.45. The largest absolute Gasteiger partial charge is 0.491 e. The third kappa shape index (κ3) is 6.52. The van der Waals surface area contributed by atoms with Gasteiger partial charge in [-0.3, -0.25) is 4.90 Å². The fraction of sp³-hybridized carbons (Fsp3) is 0.480. The SMILES string of the molecule is CC(C)CC(COc1ccc2c(c1)OCc1cnc(N(C)C(=O)O)cc1-2)NC(=O)OC(C)(C)C. The van der Waals surface area contributed by atoms with Crippen LogP contribution in [0.4, 0.5) is 15.4 Å². The van der Waals surface area contributed by atoms with Crippen molar-refractivity contribution < 1.29 is 28.9 Å². The number of benzene rings is 1. The number of carbonyl (C=O) groups excluding carboxylic acids is 1. The first-order valence-corrected chi connectivity index (χ1v) is 11.3. The normalized spacial score (nSPS) is 13.3. The minimum absolute atomic E-state index is 0.215. The van der Waals surface area contributed by atoms with Gasteiger partial charge in [-0.25, -0.2) is 14.6 Å². The van der Waals surface area contributed by atoms with Crippen LogP contribution in [0.3, 0.4) is 0 Å². The van der Waals surface area contributed by atoms with Crippen molar-refractivity contribution in [1.82, 2.24) is 10.3 Å². The molecule has 1 aliphatic heterocycles. The van der Waals surface area contributed by atoms with Gasteiger partial charge < -0.3 is 24.6 Å². The van der Waals surface area contributed by atoms with Crippen LogP contribution in [0.2, 0.25) is 0 Å². The maximum absolute atomic E-state index is 12.2. The number of alkyl carbamates (subject to hydrolysis) is 1. The number of hydrogen-bond acceptors (Lipinski definition) is 6. The summed E-state index contributed by atoms with van der Waals surface area (Å²) in [5.41, 5.74) is 2.01. The zero-order valence-corrected chi connectivity index (χ0v) is 20.5. The zero-order valence-electron chi connectivity index (χ0n) is 20.5. The molecule has 0 spiro atoms. The molecule has 2 heterocycles. The lowest BCUT2D eigenvalue weighted by Crippen LogP contribution is -2.42. The average molecular weight is 472 g/mol. The molecule has 0 fully saturated rings. The highest BCUT2D eigenvalue weighted by Crippen LogP contribution is 2.40. The zero-order chi connectivity index (χ0) is 25.0. The molecule has 1 aromatic heterocycles. The molecule has 0 saturated carbocycles. The molecule has 0 aliphatic carbocycles. The molecule has 1 aromatic carbocycles. The van der Waals surface area contributed by atoms with Crippen molar-refractivity contribution in [3.8, 4) is 22.6 Å². The van der Waals surface area contributed by atoms with E-state index in [0.717, 1.165) is 28.0 Å². The molecule has 0 radical (unpaired) electrons. The molecule has 2 aromatic rings. The summed E-state index contributed by atoms with van der Waals surface area (Å²) >= 11 is 0. The lowest BCUT2D eigenvalue weighted by Gasteiger charge is -2.25. The second kappa shape index (κ2) is 10.2. The lowest BCUT2D eigenvalue weighted by molar-refractivity contribution is 0.0480. The summed E-state index contributed by atoms with van der Waals surface area (Å²) in [5, 5.41) is 12.1. The fourth-order valence-electron chi connectivity index (χ4n) is 3.62. The molecule has 1 unspecified atom stereocenters. The number of pyridine rings is 1. The van der Waals surface area contributed by atoms with E-state index in [1.807, 2.05) is 32.9 Å². The van der Waals surface area contributed by atoms with Crippen LogP contribution >= 0.6 is 0 Å². The Morgan fingerprint density at radius 2 is 1.97 bits per heavy atom. The molecule has 184 valence electrons. The Balaban J connectivity index is 1.74. The van der Waals surface area contributed by atoms with E-state index in [4.69, 9.17) is 14.2 Å². The van der Waals surface area contributed by atoms with E-state index in [1.54, 1.807) is 18.3 Å². The lowest BCUT2D eigenvalue weighted by atomic mass is 9.98. The number of hydrogen-bond donors (Lipinski definition) is 2. The second-order valence-electron chi connectivity index (χ2n) is 9.77. The standard InChI is InChI=1S/C25H33N3O6/c1-15(2)9-17(27-23(29)34-25(3,4)5)14-32-18-7-8-19-20-11-22(28(6)24(30)31)26-12-16(20)13-33-21(19)10-18/h7-8,10-12,15,17H,9,13-14H2,1-6H3,(H,27,29)(H,30,31). The summed E-state index contributed by atoms with van der Waals surface area (Å²) in [6.07, 6.45) is 0.819. The van der Waals surface area contributed by atoms with Crippen LogP contribution in [0.15, 0.2) is 30.5 Å². The number of nitrogens with one attached hydrogen (secondary N) is 1. The quantitative estimate of drug-likeness (QED) is 0.580. The van der Waals surface area contributed by atoms with Gasteiger partial charge in [0.25, 0.3) is 0 Å². The van der Waals surface area contributed by atoms with Crippen LogP contribution < -0.4 is 19.7 Å². The number of rotatable bonds is 7. The molecule has 2 amide bonds. The fourth-order valence-corrected chi connectivity index (χ4v) is 3.62. The first-order chi connectivity index (χ1) is 15.9. The highest BCUT2D eigenvalue weighted by molar-refractivity contribution is 5.86. The first kappa shape index (κ1) is 25.1. The van der Waals surface area contributed by atoms with Crippen molar-refractivity contribution in [3.05, 3.63) is 36.0 Å². The highest BCUT2D eigenvalue weighted by Gasteiger charge is 2.23. The average Bonchev–Trinajstić information content (AvgIpc) is 2.74. The van der Waals surface area contributed by atoms with Crippen molar-refractivity contribution in [2.45, 2.75) is 59.3 Å². The molecular weight excluding hydrogens is 438 g/mol. The van der Waals surface area contributed by atoms with Crippen LogP contribution in [-0.2, 0) is 11.3 Å². The van der Waals surface area contributed by atoms with Crippen molar-refractivity contribution in [1.29, 1.82) is 0 Å². The summed E-state index contributed by atoms with van der Waals surface area (Å²) in [6, 6.07) is 7.05. The summed E-state index contributed by atoms with van der Waals surface area (Å²) in [6.45, 7) is 10.2. The number of aromatic nitrogens is 1. The van der Waals surface area contributed by atoms with E-state index < -0.39 is 17.8 Å². The summed E-state index contributed by atoms with van der Waals surface area (Å²) < 4.78 is 17.3. The molecule has 0 bridgehead atoms. The van der Waals surface area contributed by atoms with Crippen molar-refractivity contribution in [2.75, 3.05) is 18.6 Å². The third-order valence-corrected chi connectivity index (χ3v) is 5.16. The maximum Gasteiger partial charge on any atom is 0.412 e. The van der Waals surface area contributed by atoms with Crippen LogP contribution in [0.5, 0.6) is 11.5 Å². The number of fused-ring (bicyclic) bond motifs is 3. The molecule has 2 N–H and O–H groups in total. The molecule has 34 heavy (non-hydrogen) atoms. The predicted molar refractivity (Wildman–Crippen MR) is 129 cm³/mol. The number of carboxylic acid groups (broad SMARTS) is 1.